The standard InChI is InChI=1S/C27H26N2O3/c1-2-21(22-14-8-4-9-15-22)19-25(30)29-24(18-20-12-6-3-7-13-20)26(31)28(27(29)32)23-16-10-5-11-17-23/h3-17,21,24H,2,18-19H2,1H3/t21-,24-/m0/s1. The molecule has 1 saturated heterocycles. The Balaban J connectivity index is 1.65. The molecule has 0 N–H and O–H groups in total. The van der Waals surface area contributed by atoms with Gasteiger partial charge in [0.2, 0.25) is 5.91 Å². The second-order valence-electron chi connectivity index (χ2n) is 7.98. The molecule has 0 saturated carbocycles. The molecular formula is C27H26N2O3. The number of urea groups is 1. The smallest absolute Gasteiger partial charge is 0.274 e. The first-order valence-electron chi connectivity index (χ1n) is 10.9. The van der Waals surface area contributed by atoms with E-state index in [2.05, 4.69) is 0 Å². The van der Waals surface area contributed by atoms with E-state index in [-0.39, 0.29) is 24.2 Å². The molecule has 3 aromatic rings. The normalized spacial score (nSPS) is 17.0. The molecule has 0 aromatic heterocycles. The van der Waals surface area contributed by atoms with Gasteiger partial charge >= 0.3 is 6.03 Å². The van der Waals surface area contributed by atoms with E-state index in [1.807, 2.05) is 73.7 Å². The van der Waals surface area contributed by atoms with Gasteiger partial charge in [0.05, 0.1) is 5.69 Å². The highest BCUT2D eigenvalue weighted by molar-refractivity contribution is 6.25. The summed E-state index contributed by atoms with van der Waals surface area (Å²) in [7, 11) is 0. The summed E-state index contributed by atoms with van der Waals surface area (Å²) in [5.74, 6) is -0.709. The van der Waals surface area contributed by atoms with E-state index in [0.29, 0.717) is 12.1 Å². The monoisotopic (exact) mass is 426 g/mol. The van der Waals surface area contributed by atoms with Crippen LogP contribution in [0.1, 0.15) is 36.8 Å². The molecule has 0 radical (unpaired) electrons. The maximum Gasteiger partial charge on any atom is 0.338 e. The number of para-hydroxylation sites is 1. The summed E-state index contributed by atoms with van der Waals surface area (Å²) < 4.78 is 0. The second-order valence-corrected chi connectivity index (χ2v) is 7.98. The number of hydrogen-bond acceptors (Lipinski definition) is 3. The molecule has 1 aliphatic heterocycles. The number of benzene rings is 3. The lowest BCUT2D eigenvalue weighted by Gasteiger charge is -2.23. The van der Waals surface area contributed by atoms with Crippen LogP contribution in [-0.2, 0) is 16.0 Å². The Bertz CT molecular complexity index is 1080. The molecule has 3 aromatic carbocycles. The van der Waals surface area contributed by atoms with Crippen molar-refractivity contribution in [2.24, 2.45) is 0 Å². The molecule has 0 unspecified atom stereocenters. The Hall–Kier alpha value is -3.73. The fourth-order valence-corrected chi connectivity index (χ4v) is 4.24. The summed E-state index contributed by atoms with van der Waals surface area (Å²) >= 11 is 0. The summed E-state index contributed by atoms with van der Waals surface area (Å²) in [4.78, 5) is 42.5. The van der Waals surface area contributed by atoms with E-state index in [4.69, 9.17) is 0 Å². The second kappa shape index (κ2) is 9.60. The van der Waals surface area contributed by atoms with Crippen LogP contribution in [0.25, 0.3) is 0 Å². The number of amides is 4. The highest BCUT2D eigenvalue weighted by Gasteiger charge is 2.48. The highest BCUT2D eigenvalue weighted by Crippen LogP contribution is 2.30. The third kappa shape index (κ3) is 4.33. The molecule has 4 amide bonds. The van der Waals surface area contributed by atoms with Crippen molar-refractivity contribution in [2.45, 2.75) is 38.1 Å². The third-order valence-corrected chi connectivity index (χ3v) is 5.95. The zero-order chi connectivity index (χ0) is 22.5. The number of hydrogen-bond donors (Lipinski definition) is 0. The van der Waals surface area contributed by atoms with E-state index in [1.165, 1.54) is 4.90 Å². The first kappa shape index (κ1) is 21.5. The van der Waals surface area contributed by atoms with Crippen LogP contribution in [-0.4, -0.2) is 28.8 Å². The first-order valence-corrected chi connectivity index (χ1v) is 10.9. The fourth-order valence-electron chi connectivity index (χ4n) is 4.24. The van der Waals surface area contributed by atoms with Gasteiger partial charge in [-0.15, -0.1) is 0 Å². The van der Waals surface area contributed by atoms with Gasteiger partial charge in [0.15, 0.2) is 0 Å². The van der Waals surface area contributed by atoms with E-state index in [1.54, 1.807) is 24.3 Å². The largest absolute Gasteiger partial charge is 0.338 e. The zero-order valence-corrected chi connectivity index (χ0v) is 18.1. The predicted molar refractivity (Wildman–Crippen MR) is 124 cm³/mol. The van der Waals surface area contributed by atoms with Crippen molar-refractivity contribution >= 4 is 23.5 Å². The molecule has 2 atom stereocenters. The van der Waals surface area contributed by atoms with Crippen molar-refractivity contribution in [3.8, 4) is 0 Å². The summed E-state index contributed by atoms with van der Waals surface area (Å²) in [6.07, 6.45) is 1.23. The van der Waals surface area contributed by atoms with Gasteiger partial charge in [-0.1, -0.05) is 85.8 Å². The maximum absolute atomic E-state index is 13.4. The summed E-state index contributed by atoms with van der Waals surface area (Å²) in [6, 6.07) is 26.7. The van der Waals surface area contributed by atoms with Gasteiger partial charge in [0, 0.05) is 12.8 Å². The number of carbonyl (C=O) groups is 3. The van der Waals surface area contributed by atoms with Crippen LogP contribution in [0.3, 0.4) is 0 Å². The highest BCUT2D eigenvalue weighted by atomic mass is 16.2. The molecule has 1 aliphatic rings. The molecule has 0 aliphatic carbocycles. The summed E-state index contributed by atoms with van der Waals surface area (Å²) in [5.41, 5.74) is 2.44. The number of nitrogens with zero attached hydrogens (tertiary/aromatic N) is 2. The van der Waals surface area contributed by atoms with Crippen LogP contribution in [0.15, 0.2) is 91.0 Å². The lowest BCUT2D eigenvalue weighted by molar-refractivity contribution is -0.133. The lowest BCUT2D eigenvalue weighted by Crippen LogP contribution is -2.42. The Kier molecular flexibility index (Phi) is 6.45. The van der Waals surface area contributed by atoms with Crippen molar-refractivity contribution in [2.75, 3.05) is 4.90 Å². The Morgan fingerprint density at radius 2 is 1.41 bits per heavy atom. The predicted octanol–water partition coefficient (Wildman–Crippen LogP) is 5.18. The van der Waals surface area contributed by atoms with Crippen molar-refractivity contribution < 1.29 is 14.4 Å². The number of anilines is 1. The van der Waals surface area contributed by atoms with E-state index < -0.39 is 12.1 Å². The van der Waals surface area contributed by atoms with Crippen molar-refractivity contribution in [3.63, 3.8) is 0 Å². The third-order valence-electron chi connectivity index (χ3n) is 5.95. The van der Waals surface area contributed by atoms with E-state index in [0.717, 1.165) is 22.4 Å². The van der Waals surface area contributed by atoms with Crippen LogP contribution in [0.4, 0.5) is 10.5 Å². The molecular weight excluding hydrogens is 400 g/mol. The quantitative estimate of drug-likeness (QED) is 0.489. The fraction of sp³-hybridized carbons (Fsp3) is 0.222. The summed E-state index contributed by atoms with van der Waals surface area (Å²) in [5, 5.41) is 0. The van der Waals surface area contributed by atoms with Crippen molar-refractivity contribution in [3.05, 3.63) is 102 Å². The molecule has 1 fully saturated rings. The van der Waals surface area contributed by atoms with Gasteiger partial charge in [-0.3, -0.25) is 14.5 Å². The zero-order valence-electron chi connectivity index (χ0n) is 18.1. The molecule has 1 heterocycles. The van der Waals surface area contributed by atoms with Gasteiger partial charge in [-0.2, -0.15) is 0 Å². The van der Waals surface area contributed by atoms with Crippen molar-refractivity contribution in [1.82, 2.24) is 4.90 Å². The van der Waals surface area contributed by atoms with E-state index >= 15 is 0 Å². The average molecular weight is 427 g/mol. The number of imide groups is 2. The van der Waals surface area contributed by atoms with Crippen LogP contribution >= 0.6 is 0 Å². The van der Waals surface area contributed by atoms with Crippen LogP contribution in [0, 0.1) is 0 Å². The molecule has 0 spiro atoms. The van der Waals surface area contributed by atoms with E-state index in [9.17, 15) is 14.4 Å². The van der Waals surface area contributed by atoms with Crippen LogP contribution in [0.5, 0.6) is 0 Å². The molecule has 5 heteroatoms. The van der Waals surface area contributed by atoms with Gasteiger partial charge in [0.1, 0.15) is 6.04 Å². The lowest BCUT2D eigenvalue weighted by atomic mass is 9.92. The van der Waals surface area contributed by atoms with Crippen LogP contribution in [0.2, 0.25) is 0 Å². The van der Waals surface area contributed by atoms with Crippen molar-refractivity contribution in [1.29, 1.82) is 0 Å². The molecule has 162 valence electrons. The maximum atomic E-state index is 13.4. The van der Waals surface area contributed by atoms with Crippen LogP contribution < -0.4 is 4.90 Å². The number of carbonyl (C=O) groups excluding carboxylic acids is 3. The number of rotatable bonds is 7. The van der Waals surface area contributed by atoms with Gasteiger partial charge < -0.3 is 0 Å². The Morgan fingerprint density at radius 3 is 2.00 bits per heavy atom. The topological polar surface area (TPSA) is 57.7 Å². The molecule has 32 heavy (non-hydrogen) atoms. The van der Waals surface area contributed by atoms with Gasteiger partial charge in [-0.05, 0) is 35.6 Å². The average Bonchev–Trinajstić information content (AvgIpc) is 3.08. The minimum Gasteiger partial charge on any atom is -0.274 e. The Labute approximate surface area is 188 Å². The summed E-state index contributed by atoms with van der Waals surface area (Å²) in [6.45, 7) is 2.03. The van der Waals surface area contributed by atoms with Gasteiger partial charge in [0.25, 0.3) is 5.91 Å². The molecule has 4 rings (SSSR count). The SMILES string of the molecule is CC[C@@H](CC(=O)N1C(=O)N(c2ccccc2)C(=O)[C@@H]1Cc1ccccc1)c1ccccc1. The minimum absolute atomic E-state index is 0.0187. The first-order chi connectivity index (χ1) is 15.6. The molecule has 0 bridgehead atoms. The van der Waals surface area contributed by atoms with Gasteiger partial charge in [-0.25, -0.2) is 9.69 Å². The molecule has 5 nitrogen and oxygen atoms in total. The minimum atomic E-state index is -0.856. The Morgan fingerprint density at radius 1 is 0.844 bits per heavy atom.